The van der Waals surface area contributed by atoms with Crippen molar-refractivity contribution >= 4 is 28.9 Å². The van der Waals surface area contributed by atoms with Gasteiger partial charge in [-0.2, -0.15) is 0 Å². The molecule has 0 aliphatic heterocycles. The molecule has 2 aromatic rings. The van der Waals surface area contributed by atoms with Gasteiger partial charge in [-0.15, -0.1) is 23.2 Å². The Labute approximate surface area is 134 Å². The van der Waals surface area contributed by atoms with Crippen LogP contribution in [0.5, 0.6) is 0 Å². The Kier molecular flexibility index (Phi) is 5.37. The number of para-hydroxylation sites is 1. The Bertz CT molecular complexity index is 643. The predicted molar refractivity (Wildman–Crippen MR) is 89.4 cm³/mol. The van der Waals surface area contributed by atoms with Gasteiger partial charge in [0.2, 0.25) is 0 Å². The zero-order chi connectivity index (χ0) is 15.4. The highest BCUT2D eigenvalue weighted by molar-refractivity contribution is 6.18. The molecule has 6 heteroatoms. The second-order valence-corrected chi connectivity index (χ2v) is 5.53. The van der Waals surface area contributed by atoms with Crippen molar-refractivity contribution in [2.75, 3.05) is 29.7 Å². The van der Waals surface area contributed by atoms with Gasteiger partial charge in [0.05, 0.1) is 11.4 Å². The van der Waals surface area contributed by atoms with Crippen molar-refractivity contribution in [3.63, 3.8) is 0 Å². The first kappa shape index (κ1) is 16.0. The highest BCUT2D eigenvalue weighted by atomic mass is 35.5. The van der Waals surface area contributed by atoms with Gasteiger partial charge in [-0.3, -0.25) is 9.48 Å². The maximum atomic E-state index is 12.8. The normalized spacial score (nSPS) is 10.9. The summed E-state index contributed by atoms with van der Waals surface area (Å²) in [6, 6.07) is 9.59. The van der Waals surface area contributed by atoms with E-state index in [4.69, 9.17) is 23.2 Å². The van der Waals surface area contributed by atoms with Crippen molar-refractivity contribution in [2.24, 2.45) is 7.05 Å². The zero-order valence-corrected chi connectivity index (χ0v) is 13.7. The van der Waals surface area contributed by atoms with Crippen LogP contribution in [-0.2, 0) is 7.05 Å². The van der Waals surface area contributed by atoms with E-state index in [1.54, 1.807) is 4.68 Å². The summed E-state index contributed by atoms with van der Waals surface area (Å²) in [6.45, 7) is 3.14. The van der Waals surface area contributed by atoms with Crippen molar-refractivity contribution in [3.05, 3.63) is 46.4 Å². The van der Waals surface area contributed by atoms with Gasteiger partial charge in [0.25, 0.3) is 5.56 Å². The predicted octanol–water partition coefficient (Wildman–Crippen LogP) is 2.77. The number of rotatable bonds is 6. The number of halogens is 2. The molecule has 114 valence electrons. The Morgan fingerprint density at radius 2 is 1.67 bits per heavy atom. The average molecular weight is 328 g/mol. The van der Waals surface area contributed by atoms with Gasteiger partial charge in [0.1, 0.15) is 5.69 Å². The third-order valence-corrected chi connectivity index (χ3v) is 3.89. The van der Waals surface area contributed by atoms with Crippen LogP contribution >= 0.6 is 23.2 Å². The number of alkyl halides is 2. The molecule has 0 radical (unpaired) electrons. The smallest absolute Gasteiger partial charge is 0.295 e. The molecule has 0 N–H and O–H groups in total. The summed E-state index contributed by atoms with van der Waals surface area (Å²) >= 11 is 11.7. The number of benzene rings is 1. The molecule has 2 rings (SSSR count). The van der Waals surface area contributed by atoms with E-state index in [1.807, 2.05) is 53.9 Å². The maximum absolute atomic E-state index is 12.8. The van der Waals surface area contributed by atoms with Crippen LogP contribution in [0.1, 0.15) is 5.69 Å². The number of aromatic nitrogens is 2. The van der Waals surface area contributed by atoms with Crippen molar-refractivity contribution < 1.29 is 0 Å². The first-order valence-corrected chi connectivity index (χ1v) is 7.89. The Morgan fingerprint density at radius 1 is 1.10 bits per heavy atom. The molecule has 0 spiro atoms. The van der Waals surface area contributed by atoms with Crippen LogP contribution in [0.4, 0.5) is 5.69 Å². The largest absolute Gasteiger partial charge is 0.363 e. The quantitative estimate of drug-likeness (QED) is 0.764. The standard InChI is InChI=1S/C15H19Cl2N3O/c1-12-14(19(10-8-16)11-9-17)15(21)20(18(12)2)13-6-4-3-5-7-13/h3-7H,8-11H2,1-2H3. The molecular weight excluding hydrogens is 309 g/mol. The first-order valence-electron chi connectivity index (χ1n) is 6.82. The molecule has 1 aromatic carbocycles. The van der Waals surface area contributed by atoms with E-state index in [0.717, 1.165) is 11.4 Å². The van der Waals surface area contributed by atoms with Crippen LogP contribution in [0.15, 0.2) is 35.1 Å². The SMILES string of the molecule is Cc1c(N(CCCl)CCCl)c(=O)n(-c2ccccc2)n1C. The van der Waals surface area contributed by atoms with Crippen LogP contribution < -0.4 is 10.5 Å². The average Bonchev–Trinajstić information content (AvgIpc) is 2.70. The molecule has 0 bridgehead atoms. The Hall–Kier alpha value is -1.39. The van der Waals surface area contributed by atoms with Crippen molar-refractivity contribution in [3.8, 4) is 5.69 Å². The molecule has 0 fully saturated rings. The van der Waals surface area contributed by atoms with Gasteiger partial charge in [-0.05, 0) is 19.1 Å². The fraction of sp³-hybridized carbons (Fsp3) is 0.400. The molecule has 1 heterocycles. The van der Waals surface area contributed by atoms with Crippen LogP contribution in [0.25, 0.3) is 5.69 Å². The molecule has 21 heavy (non-hydrogen) atoms. The van der Waals surface area contributed by atoms with Gasteiger partial charge >= 0.3 is 0 Å². The molecule has 0 unspecified atom stereocenters. The summed E-state index contributed by atoms with van der Waals surface area (Å²) in [5, 5.41) is 0. The van der Waals surface area contributed by atoms with Crippen LogP contribution in [0, 0.1) is 6.92 Å². The van der Waals surface area contributed by atoms with E-state index in [-0.39, 0.29) is 5.56 Å². The van der Waals surface area contributed by atoms with Gasteiger partial charge in [-0.1, -0.05) is 18.2 Å². The second kappa shape index (κ2) is 7.05. The Morgan fingerprint density at radius 3 is 2.19 bits per heavy atom. The molecule has 0 saturated heterocycles. The number of hydrogen-bond acceptors (Lipinski definition) is 2. The van der Waals surface area contributed by atoms with Crippen molar-refractivity contribution in [1.29, 1.82) is 0 Å². The highest BCUT2D eigenvalue weighted by Crippen LogP contribution is 2.18. The van der Waals surface area contributed by atoms with Crippen molar-refractivity contribution in [2.45, 2.75) is 6.92 Å². The minimum absolute atomic E-state index is 0.0450. The summed E-state index contributed by atoms with van der Waals surface area (Å²) in [5.74, 6) is 0.909. The van der Waals surface area contributed by atoms with Crippen LogP contribution in [0.2, 0.25) is 0 Å². The molecule has 1 aromatic heterocycles. The van der Waals surface area contributed by atoms with E-state index in [0.29, 0.717) is 30.5 Å². The highest BCUT2D eigenvalue weighted by Gasteiger charge is 2.20. The molecule has 0 aliphatic rings. The van der Waals surface area contributed by atoms with E-state index in [9.17, 15) is 4.79 Å². The van der Waals surface area contributed by atoms with Gasteiger partial charge in [0.15, 0.2) is 0 Å². The van der Waals surface area contributed by atoms with E-state index in [2.05, 4.69) is 0 Å². The van der Waals surface area contributed by atoms with E-state index < -0.39 is 0 Å². The third-order valence-electron chi connectivity index (χ3n) is 3.55. The lowest BCUT2D eigenvalue weighted by Gasteiger charge is -2.21. The minimum Gasteiger partial charge on any atom is -0.363 e. The maximum Gasteiger partial charge on any atom is 0.295 e. The molecule has 0 aliphatic carbocycles. The minimum atomic E-state index is -0.0450. The molecule has 0 amide bonds. The summed E-state index contributed by atoms with van der Waals surface area (Å²) in [4.78, 5) is 14.8. The van der Waals surface area contributed by atoms with E-state index >= 15 is 0 Å². The number of anilines is 1. The number of nitrogens with zero attached hydrogens (tertiary/aromatic N) is 3. The van der Waals surface area contributed by atoms with Crippen molar-refractivity contribution in [1.82, 2.24) is 9.36 Å². The fourth-order valence-corrected chi connectivity index (χ4v) is 2.87. The summed E-state index contributed by atoms with van der Waals surface area (Å²) < 4.78 is 3.53. The summed E-state index contributed by atoms with van der Waals surface area (Å²) in [7, 11) is 1.88. The fourth-order valence-electron chi connectivity index (χ4n) is 2.46. The summed E-state index contributed by atoms with van der Waals surface area (Å²) in [5.41, 5.74) is 2.37. The molecule has 0 atom stereocenters. The topological polar surface area (TPSA) is 30.2 Å². The zero-order valence-electron chi connectivity index (χ0n) is 12.2. The molecular formula is C15H19Cl2N3O. The van der Waals surface area contributed by atoms with Gasteiger partial charge in [0, 0.05) is 31.9 Å². The monoisotopic (exact) mass is 327 g/mol. The van der Waals surface area contributed by atoms with Crippen LogP contribution in [-0.4, -0.2) is 34.2 Å². The molecule has 0 saturated carbocycles. The number of hydrogen-bond donors (Lipinski definition) is 0. The molecule has 4 nitrogen and oxygen atoms in total. The Balaban J connectivity index is 2.57. The lowest BCUT2D eigenvalue weighted by molar-refractivity contribution is 0.630. The van der Waals surface area contributed by atoms with Gasteiger partial charge in [-0.25, -0.2) is 4.68 Å². The lowest BCUT2D eigenvalue weighted by Crippen LogP contribution is -2.32. The second-order valence-electron chi connectivity index (χ2n) is 4.78. The summed E-state index contributed by atoms with van der Waals surface area (Å²) in [6.07, 6.45) is 0. The third kappa shape index (κ3) is 3.11. The van der Waals surface area contributed by atoms with E-state index in [1.165, 1.54) is 0 Å². The first-order chi connectivity index (χ1) is 10.1. The van der Waals surface area contributed by atoms with Crippen LogP contribution in [0.3, 0.4) is 0 Å². The van der Waals surface area contributed by atoms with Gasteiger partial charge < -0.3 is 4.90 Å². The lowest BCUT2D eigenvalue weighted by atomic mass is 10.3.